The molecule has 0 aliphatic carbocycles. The second-order valence-corrected chi connectivity index (χ2v) is 15.9. The molecule has 306 valence electrons. The van der Waals surface area contributed by atoms with Gasteiger partial charge in [0.1, 0.15) is 6.61 Å². The first-order valence-corrected chi connectivity index (χ1v) is 23.2. The molecule has 0 rings (SSSR count). The van der Waals surface area contributed by atoms with E-state index in [1.54, 1.807) is 0 Å². The predicted octanol–water partition coefficient (Wildman–Crippen LogP) is 13.2. The van der Waals surface area contributed by atoms with Crippen LogP contribution in [-0.4, -0.2) is 41.0 Å². The first kappa shape index (κ1) is 50.5. The smallest absolute Gasteiger partial charge is 0.462 e. The number of hydrogen-bond acceptors (Lipinski definition) is 6. The number of carbonyl (C=O) groups is 2. The first-order valence-electron chi connectivity index (χ1n) is 21.6. The molecule has 0 aliphatic rings. The standard InChI is InChI=1S/C43H81O8P/c1-3-5-7-9-11-13-15-17-19-20-21-22-24-26-28-30-32-34-36-38-43(45)51-41(40-50-52(46,47)48)39-49-42(44)37-35-33-31-29-27-25-23-18-16-14-12-10-8-6-4-2/h14,16-17,19,41H,3-13,15,18,20-40H2,1-2H3,(H2,46,47,48)/b16-14-,19-17-/t41-/m1/s1. The molecule has 0 heterocycles. The summed E-state index contributed by atoms with van der Waals surface area (Å²) in [5, 5.41) is 0. The van der Waals surface area contributed by atoms with E-state index in [-0.39, 0.29) is 19.4 Å². The largest absolute Gasteiger partial charge is 0.469 e. The summed E-state index contributed by atoms with van der Waals surface area (Å²) in [6.45, 7) is 3.68. The van der Waals surface area contributed by atoms with Gasteiger partial charge in [-0.2, -0.15) is 0 Å². The maximum absolute atomic E-state index is 12.4. The Morgan fingerprint density at radius 3 is 1.19 bits per heavy atom. The summed E-state index contributed by atoms with van der Waals surface area (Å²) in [5.41, 5.74) is 0. The molecule has 0 aliphatic heterocycles. The van der Waals surface area contributed by atoms with Gasteiger partial charge in [-0.25, -0.2) is 4.57 Å². The highest BCUT2D eigenvalue weighted by Gasteiger charge is 2.22. The van der Waals surface area contributed by atoms with Crippen LogP contribution in [0, 0.1) is 0 Å². The molecule has 52 heavy (non-hydrogen) atoms. The number of esters is 2. The highest BCUT2D eigenvalue weighted by Crippen LogP contribution is 2.36. The van der Waals surface area contributed by atoms with Gasteiger partial charge in [0.05, 0.1) is 6.61 Å². The van der Waals surface area contributed by atoms with Gasteiger partial charge in [-0.15, -0.1) is 0 Å². The van der Waals surface area contributed by atoms with Crippen molar-refractivity contribution in [1.29, 1.82) is 0 Å². The first-order chi connectivity index (χ1) is 25.3. The Labute approximate surface area is 319 Å². The van der Waals surface area contributed by atoms with Crippen LogP contribution in [0.1, 0.15) is 219 Å². The van der Waals surface area contributed by atoms with E-state index in [9.17, 15) is 14.2 Å². The van der Waals surface area contributed by atoms with Crippen LogP contribution in [-0.2, 0) is 28.2 Å². The zero-order valence-electron chi connectivity index (χ0n) is 33.7. The molecule has 0 spiro atoms. The van der Waals surface area contributed by atoms with Crippen molar-refractivity contribution in [1.82, 2.24) is 0 Å². The van der Waals surface area contributed by atoms with Gasteiger partial charge in [0.25, 0.3) is 0 Å². The molecule has 0 saturated heterocycles. The van der Waals surface area contributed by atoms with Gasteiger partial charge >= 0.3 is 19.8 Å². The molecule has 0 amide bonds. The van der Waals surface area contributed by atoms with E-state index in [1.165, 1.54) is 135 Å². The van der Waals surface area contributed by atoms with Crippen molar-refractivity contribution in [2.75, 3.05) is 13.2 Å². The molecule has 0 fully saturated rings. The van der Waals surface area contributed by atoms with Crippen molar-refractivity contribution in [2.45, 2.75) is 225 Å². The van der Waals surface area contributed by atoms with E-state index < -0.39 is 32.5 Å². The number of hydrogen-bond donors (Lipinski definition) is 2. The lowest BCUT2D eigenvalue weighted by Gasteiger charge is -2.18. The topological polar surface area (TPSA) is 119 Å². The summed E-state index contributed by atoms with van der Waals surface area (Å²) in [4.78, 5) is 42.9. The number of carbonyl (C=O) groups excluding carboxylic acids is 2. The van der Waals surface area contributed by atoms with E-state index in [0.717, 1.165) is 51.4 Å². The molecule has 0 radical (unpaired) electrons. The fourth-order valence-corrected chi connectivity index (χ4v) is 6.55. The summed E-state index contributed by atoms with van der Waals surface area (Å²) in [7, 11) is -4.75. The summed E-state index contributed by atoms with van der Waals surface area (Å²) >= 11 is 0. The molecule has 0 saturated carbocycles. The molecule has 0 aromatic rings. The lowest BCUT2D eigenvalue weighted by molar-refractivity contribution is -0.161. The molecule has 2 N–H and O–H groups in total. The fraction of sp³-hybridized carbons (Fsp3) is 0.860. The molecular formula is C43H81O8P. The van der Waals surface area contributed by atoms with Gasteiger partial charge in [0.2, 0.25) is 0 Å². The Balaban J connectivity index is 3.88. The van der Waals surface area contributed by atoms with Gasteiger partial charge in [0, 0.05) is 12.8 Å². The number of phosphoric ester groups is 1. The van der Waals surface area contributed by atoms with E-state index in [0.29, 0.717) is 6.42 Å². The van der Waals surface area contributed by atoms with Gasteiger partial charge < -0.3 is 19.3 Å². The molecule has 0 aromatic carbocycles. The second-order valence-electron chi connectivity index (χ2n) is 14.7. The van der Waals surface area contributed by atoms with Crippen molar-refractivity contribution in [3.05, 3.63) is 24.3 Å². The summed E-state index contributed by atoms with van der Waals surface area (Å²) < 4.78 is 26.4. The number of ether oxygens (including phenoxy) is 2. The van der Waals surface area contributed by atoms with Crippen molar-refractivity contribution in [3.8, 4) is 0 Å². The summed E-state index contributed by atoms with van der Waals surface area (Å²) in [6, 6.07) is 0. The predicted molar refractivity (Wildman–Crippen MR) is 216 cm³/mol. The van der Waals surface area contributed by atoms with Gasteiger partial charge in [-0.1, -0.05) is 167 Å². The highest BCUT2D eigenvalue weighted by molar-refractivity contribution is 7.46. The molecule has 0 unspecified atom stereocenters. The third kappa shape index (κ3) is 41.3. The van der Waals surface area contributed by atoms with Crippen LogP contribution in [0.25, 0.3) is 0 Å². The molecule has 1 atom stereocenters. The molecule has 0 bridgehead atoms. The van der Waals surface area contributed by atoms with Gasteiger partial charge in [-0.3, -0.25) is 14.1 Å². The summed E-state index contributed by atoms with van der Waals surface area (Å²) in [5.74, 6) is -0.885. The zero-order chi connectivity index (χ0) is 38.2. The summed E-state index contributed by atoms with van der Waals surface area (Å²) in [6.07, 6.45) is 44.7. The number of unbranched alkanes of at least 4 members (excludes halogenated alkanes) is 26. The Kier molecular flexibility index (Phi) is 38.1. The lowest BCUT2D eigenvalue weighted by Crippen LogP contribution is -2.29. The van der Waals surface area contributed by atoms with Crippen LogP contribution >= 0.6 is 7.82 Å². The third-order valence-electron chi connectivity index (χ3n) is 9.44. The van der Waals surface area contributed by atoms with Crippen LogP contribution in [0.3, 0.4) is 0 Å². The zero-order valence-corrected chi connectivity index (χ0v) is 34.6. The average Bonchev–Trinajstić information content (AvgIpc) is 3.11. The molecule has 9 heteroatoms. The SMILES string of the molecule is CCCCCC/C=C\CCCCCCCCCC(=O)OC[C@H](COP(=O)(O)O)OC(=O)CCCCCCCCCCC/C=C\CCCCCCCC. The van der Waals surface area contributed by atoms with Crippen LogP contribution in [0.2, 0.25) is 0 Å². The molecule has 0 aromatic heterocycles. The van der Waals surface area contributed by atoms with Crippen molar-refractivity contribution >= 4 is 19.8 Å². The quantitative estimate of drug-likeness (QED) is 0.0274. The molecule has 8 nitrogen and oxygen atoms in total. The minimum absolute atomic E-state index is 0.211. The normalized spacial score (nSPS) is 12.6. The maximum Gasteiger partial charge on any atom is 0.469 e. The Hall–Kier alpha value is -1.47. The number of allylic oxidation sites excluding steroid dienone is 4. The molecular weight excluding hydrogens is 675 g/mol. The third-order valence-corrected chi connectivity index (χ3v) is 9.93. The number of rotatable bonds is 40. The highest BCUT2D eigenvalue weighted by atomic mass is 31.2. The second kappa shape index (κ2) is 39.2. The van der Waals surface area contributed by atoms with E-state index in [1.807, 2.05) is 0 Å². The van der Waals surface area contributed by atoms with Gasteiger partial charge in [-0.05, 0) is 64.2 Å². The monoisotopic (exact) mass is 757 g/mol. The van der Waals surface area contributed by atoms with E-state index in [4.69, 9.17) is 19.3 Å². The Morgan fingerprint density at radius 1 is 0.481 bits per heavy atom. The Bertz CT molecular complexity index is 900. The van der Waals surface area contributed by atoms with Crippen LogP contribution in [0.4, 0.5) is 0 Å². The van der Waals surface area contributed by atoms with Crippen LogP contribution in [0.5, 0.6) is 0 Å². The van der Waals surface area contributed by atoms with Crippen molar-refractivity contribution < 1.29 is 37.9 Å². The fourth-order valence-electron chi connectivity index (χ4n) is 6.19. The van der Waals surface area contributed by atoms with Crippen LogP contribution < -0.4 is 0 Å². The van der Waals surface area contributed by atoms with E-state index in [2.05, 4.69) is 42.7 Å². The minimum atomic E-state index is -4.75. The Morgan fingerprint density at radius 2 is 0.808 bits per heavy atom. The van der Waals surface area contributed by atoms with Gasteiger partial charge in [0.15, 0.2) is 6.10 Å². The van der Waals surface area contributed by atoms with Crippen LogP contribution in [0.15, 0.2) is 24.3 Å². The average molecular weight is 757 g/mol. The maximum atomic E-state index is 12.4. The van der Waals surface area contributed by atoms with Crippen molar-refractivity contribution in [2.24, 2.45) is 0 Å². The minimum Gasteiger partial charge on any atom is -0.462 e. The van der Waals surface area contributed by atoms with E-state index >= 15 is 0 Å². The number of phosphoric acid groups is 1. The van der Waals surface area contributed by atoms with Crippen molar-refractivity contribution in [3.63, 3.8) is 0 Å². The lowest BCUT2D eigenvalue weighted by atomic mass is 10.1.